The Bertz CT molecular complexity index is 535. The van der Waals surface area contributed by atoms with Crippen LogP contribution in [0.25, 0.3) is 0 Å². The Morgan fingerprint density at radius 3 is 2.95 bits per heavy atom. The van der Waals surface area contributed by atoms with Gasteiger partial charge in [-0.15, -0.1) is 0 Å². The van der Waals surface area contributed by atoms with Crippen LogP contribution in [0.15, 0.2) is 27.1 Å². The Morgan fingerprint density at radius 1 is 1.40 bits per heavy atom. The first-order valence-corrected chi connectivity index (χ1v) is 8.67. The van der Waals surface area contributed by atoms with Gasteiger partial charge in [0.1, 0.15) is 0 Å². The van der Waals surface area contributed by atoms with Gasteiger partial charge in [-0.2, -0.15) is 0 Å². The van der Waals surface area contributed by atoms with Gasteiger partial charge in [0.2, 0.25) is 0 Å². The molecule has 1 amide bonds. The van der Waals surface area contributed by atoms with Crippen LogP contribution in [0.3, 0.4) is 0 Å². The van der Waals surface area contributed by atoms with E-state index in [-0.39, 0.29) is 5.91 Å². The van der Waals surface area contributed by atoms with Crippen molar-refractivity contribution in [3.63, 3.8) is 0 Å². The van der Waals surface area contributed by atoms with E-state index < -0.39 is 0 Å². The van der Waals surface area contributed by atoms with Crippen LogP contribution < -0.4 is 5.32 Å². The Morgan fingerprint density at radius 2 is 2.20 bits per heavy atom. The average Bonchev–Trinajstić information content (AvgIpc) is 3.00. The molecule has 5 heteroatoms. The summed E-state index contributed by atoms with van der Waals surface area (Å²) in [6.07, 6.45) is 1.03. The molecule has 0 spiro atoms. The Kier molecular flexibility index (Phi) is 4.20. The van der Waals surface area contributed by atoms with Gasteiger partial charge in [-0.3, -0.25) is 4.79 Å². The molecule has 0 radical (unpaired) electrons. The molecular formula is C15H18Br2N2O. The zero-order valence-electron chi connectivity index (χ0n) is 11.4. The molecule has 0 saturated carbocycles. The van der Waals surface area contributed by atoms with Crippen LogP contribution in [-0.2, 0) is 0 Å². The quantitative estimate of drug-likeness (QED) is 0.824. The number of carbonyl (C=O) groups is 1. The van der Waals surface area contributed by atoms with Crippen LogP contribution in [0, 0.1) is 11.8 Å². The van der Waals surface area contributed by atoms with Crippen molar-refractivity contribution in [3.8, 4) is 0 Å². The Balaban J connectivity index is 1.88. The summed E-state index contributed by atoms with van der Waals surface area (Å²) < 4.78 is 1.81. The maximum Gasteiger partial charge on any atom is 0.255 e. The number of hydrogen-bond donors (Lipinski definition) is 1. The molecule has 108 valence electrons. The molecule has 1 aromatic carbocycles. The highest BCUT2D eigenvalue weighted by molar-refractivity contribution is 9.11. The number of benzene rings is 1. The first-order chi connectivity index (χ1) is 9.61. The van der Waals surface area contributed by atoms with Crippen molar-refractivity contribution >= 4 is 37.8 Å². The highest BCUT2D eigenvalue weighted by atomic mass is 79.9. The summed E-state index contributed by atoms with van der Waals surface area (Å²) in [7, 11) is 0. The summed E-state index contributed by atoms with van der Waals surface area (Å²) in [5.41, 5.74) is 0.755. The predicted octanol–water partition coefficient (Wildman–Crippen LogP) is 3.28. The second-order valence-electron chi connectivity index (χ2n) is 5.64. The number of amides is 1. The summed E-state index contributed by atoms with van der Waals surface area (Å²) in [6.45, 7) is 5.16. The fourth-order valence-electron chi connectivity index (χ4n) is 3.60. The van der Waals surface area contributed by atoms with E-state index in [1.54, 1.807) is 0 Å². The van der Waals surface area contributed by atoms with E-state index in [4.69, 9.17) is 0 Å². The summed E-state index contributed by atoms with van der Waals surface area (Å²) >= 11 is 6.95. The van der Waals surface area contributed by atoms with Crippen molar-refractivity contribution in [1.29, 1.82) is 0 Å². The van der Waals surface area contributed by atoms with Gasteiger partial charge in [0.25, 0.3) is 5.91 Å². The minimum Gasteiger partial charge on any atom is -0.335 e. The SMILES string of the molecule is CCC1C2CNCC2CN1C(=O)c1cc(Br)ccc1Br. The third-order valence-electron chi connectivity index (χ3n) is 4.56. The summed E-state index contributed by atoms with van der Waals surface area (Å²) in [6, 6.07) is 6.15. The number of likely N-dealkylation sites (tertiary alicyclic amines) is 1. The molecule has 3 unspecified atom stereocenters. The minimum atomic E-state index is 0.152. The van der Waals surface area contributed by atoms with Gasteiger partial charge in [0.15, 0.2) is 0 Å². The third kappa shape index (κ3) is 2.44. The van der Waals surface area contributed by atoms with Crippen molar-refractivity contribution < 1.29 is 4.79 Å². The lowest BCUT2D eigenvalue weighted by molar-refractivity contribution is 0.0710. The van der Waals surface area contributed by atoms with Crippen molar-refractivity contribution in [1.82, 2.24) is 10.2 Å². The smallest absolute Gasteiger partial charge is 0.255 e. The highest BCUT2D eigenvalue weighted by Crippen LogP contribution is 2.36. The van der Waals surface area contributed by atoms with E-state index in [0.717, 1.165) is 40.6 Å². The van der Waals surface area contributed by atoms with Crippen LogP contribution in [0.1, 0.15) is 23.7 Å². The lowest BCUT2D eigenvalue weighted by Gasteiger charge is -2.27. The van der Waals surface area contributed by atoms with Crippen LogP contribution in [0.5, 0.6) is 0 Å². The molecule has 0 bridgehead atoms. The molecule has 20 heavy (non-hydrogen) atoms. The van der Waals surface area contributed by atoms with Crippen LogP contribution in [0.2, 0.25) is 0 Å². The molecule has 2 aliphatic heterocycles. The van der Waals surface area contributed by atoms with Gasteiger partial charge in [-0.25, -0.2) is 0 Å². The van der Waals surface area contributed by atoms with E-state index in [0.29, 0.717) is 17.9 Å². The Labute approximate surface area is 136 Å². The first kappa shape index (κ1) is 14.5. The zero-order chi connectivity index (χ0) is 14.3. The van der Waals surface area contributed by atoms with Gasteiger partial charge in [-0.05, 0) is 52.4 Å². The first-order valence-electron chi connectivity index (χ1n) is 7.08. The number of nitrogens with zero attached hydrogens (tertiary/aromatic N) is 1. The van der Waals surface area contributed by atoms with E-state index >= 15 is 0 Å². The summed E-state index contributed by atoms with van der Waals surface area (Å²) in [5, 5.41) is 3.45. The number of carbonyl (C=O) groups excluding carboxylic acids is 1. The number of nitrogens with one attached hydrogen (secondary N) is 1. The molecule has 2 aliphatic rings. The van der Waals surface area contributed by atoms with Gasteiger partial charge >= 0.3 is 0 Å². The molecule has 2 saturated heterocycles. The van der Waals surface area contributed by atoms with Gasteiger partial charge in [0.05, 0.1) is 5.56 Å². The number of rotatable bonds is 2. The molecule has 3 rings (SSSR count). The summed E-state index contributed by atoms with van der Waals surface area (Å²) in [4.78, 5) is 15.0. The molecular weight excluding hydrogens is 384 g/mol. The second kappa shape index (κ2) is 5.78. The predicted molar refractivity (Wildman–Crippen MR) is 86.8 cm³/mol. The van der Waals surface area contributed by atoms with E-state index in [9.17, 15) is 4.79 Å². The normalized spacial score (nSPS) is 28.8. The average molecular weight is 402 g/mol. The largest absolute Gasteiger partial charge is 0.335 e. The van der Waals surface area contributed by atoms with Gasteiger partial charge < -0.3 is 10.2 Å². The minimum absolute atomic E-state index is 0.152. The molecule has 3 nitrogen and oxygen atoms in total. The number of fused-ring (bicyclic) bond motifs is 1. The summed E-state index contributed by atoms with van der Waals surface area (Å²) in [5.74, 6) is 1.39. The molecule has 0 aliphatic carbocycles. The maximum atomic E-state index is 12.9. The van der Waals surface area contributed by atoms with Crippen LogP contribution in [-0.4, -0.2) is 36.5 Å². The van der Waals surface area contributed by atoms with Crippen molar-refractivity contribution in [2.24, 2.45) is 11.8 Å². The third-order valence-corrected chi connectivity index (χ3v) is 5.74. The maximum absolute atomic E-state index is 12.9. The van der Waals surface area contributed by atoms with Crippen LogP contribution >= 0.6 is 31.9 Å². The van der Waals surface area contributed by atoms with Gasteiger partial charge in [0, 0.05) is 34.6 Å². The molecule has 2 fully saturated rings. The topological polar surface area (TPSA) is 32.3 Å². The lowest BCUT2D eigenvalue weighted by atomic mass is 9.93. The van der Waals surface area contributed by atoms with Crippen LogP contribution in [0.4, 0.5) is 0 Å². The zero-order valence-corrected chi connectivity index (χ0v) is 14.6. The van der Waals surface area contributed by atoms with Crippen molar-refractivity contribution in [3.05, 3.63) is 32.7 Å². The highest BCUT2D eigenvalue weighted by Gasteiger charge is 2.45. The molecule has 0 aromatic heterocycles. The Hall–Kier alpha value is -0.390. The van der Waals surface area contributed by atoms with E-state index in [1.165, 1.54) is 0 Å². The molecule has 1 N–H and O–H groups in total. The standard InChI is InChI=1S/C15H18Br2N2O/c1-2-14-12-7-18-6-9(12)8-19(14)15(20)11-5-10(16)3-4-13(11)17/h3-5,9,12,14,18H,2,6-8H2,1H3. The van der Waals surface area contributed by atoms with Crippen molar-refractivity contribution in [2.75, 3.05) is 19.6 Å². The van der Waals surface area contributed by atoms with Gasteiger partial charge in [-0.1, -0.05) is 22.9 Å². The lowest BCUT2D eigenvalue weighted by Crippen LogP contribution is -2.39. The fourth-order valence-corrected chi connectivity index (χ4v) is 4.37. The second-order valence-corrected chi connectivity index (χ2v) is 7.41. The van der Waals surface area contributed by atoms with Crippen molar-refractivity contribution in [2.45, 2.75) is 19.4 Å². The fraction of sp³-hybridized carbons (Fsp3) is 0.533. The molecule has 3 atom stereocenters. The number of hydrogen-bond acceptors (Lipinski definition) is 2. The molecule has 2 heterocycles. The monoisotopic (exact) mass is 400 g/mol. The number of halogens is 2. The van der Waals surface area contributed by atoms with E-state index in [1.807, 2.05) is 18.2 Å². The molecule has 1 aromatic rings. The van der Waals surface area contributed by atoms with E-state index in [2.05, 4.69) is 49.0 Å².